The maximum atomic E-state index is 11.3. The summed E-state index contributed by atoms with van der Waals surface area (Å²) in [7, 11) is 0. The van der Waals surface area contributed by atoms with E-state index in [0.29, 0.717) is 6.42 Å². The summed E-state index contributed by atoms with van der Waals surface area (Å²) in [6.07, 6.45) is 3.12. The summed E-state index contributed by atoms with van der Waals surface area (Å²) in [6.45, 7) is 3.42. The van der Waals surface area contributed by atoms with Crippen LogP contribution in [0.3, 0.4) is 0 Å². The second-order valence-corrected chi connectivity index (χ2v) is 3.93. The van der Waals surface area contributed by atoms with E-state index in [-0.39, 0.29) is 5.91 Å². The lowest BCUT2D eigenvalue weighted by molar-refractivity contribution is -0.144. The quantitative estimate of drug-likeness (QED) is 0.542. The molecule has 5 nitrogen and oxygen atoms in total. The van der Waals surface area contributed by atoms with E-state index in [2.05, 4.69) is 12.2 Å². The van der Waals surface area contributed by atoms with Crippen LogP contribution in [0.5, 0.6) is 0 Å². The summed E-state index contributed by atoms with van der Waals surface area (Å²) < 4.78 is 0. The first-order chi connectivity index (χ1) is 7.49. The molecule has 3 N–H and O–H groups in total. The number of rotatable bonds is 8. The molecule has 0 rings (SSSR count). The third-order valence-corrected chi connectivity index (χ3v) is 2.32. The first-order valence-electron chi connectivity index (χ1n) is 5.69. The summed E-state index contributed by atoms with van der Waals surface area (Å²) in [5.74, 6) is -1.53. The van der Waals surface area contributed by atoms with Gasteiger partial charge >= 0.3 is 5.97 Å². The van der Waals surface area contributed by atoms with Crippen LogP contribution in [0.25, 0.3) is 0 Å². The van der Waals surface area contributed by atoms with Gasteiger partial charge in [0.25, 0.3) is 0 Å². The Morgan fingerprint density at radius 2 is 1.88 bits per heavy atom. The minimum Gasteiger partial charge on any atom is -0.480 e. The molecule has 0 fully saturated rings. The van der Waals surface area contributed by atoms with Gasteiger partial charge in [-0.15, -0.1) is 0 Å². The van der Waals surface area contributed by atoms with Gasteiger partial charge in [0, 0.05) is 6.42 Å². The van der Waals surface area contributed by atoms with Gasteiger partial charge in [-0.25, -0.2) is 4.79 Å². The van der Waals surface area contributed by atoms with Crippen molar-refractivity contribution in [2.75, 3.05) is 0 Å². The van der Waals surface area contributed by atoms with Crippen molar-refractivity contribution in [3.8, 4) is 0 Å². The molecule has 16 heavy (non-hydrogen) atoms. The molecule has 0 saturated heterocycles. The van der Waals surface area contributed by atoms with Gasteiger partial charge in [0.05, 0.1) is 6.10 Å². The molecule has 0 aliphatic carbocycles. The zero-order chi connectivity index (χ0) is 12.6. The van der Waals surface area contributed by atoms with E-state index in [1.54, 1.807) is 0 Å². The van der Waals surface area contributed by atoms with E-state index >= 15 is 0 Å². The molecule has 0 aromatic heterocycles. The SMILES string of the molecule is CCCCCCC(=O)N[C@@H](C(=O)O)[C@H](C)O. The summed E-state index contributed by atoms with van der Waals surface area (Å²) in [5, 5.41) is 20.2. The number of unbranched alkanes of at least 4 members (excludes halogenated alkanes) is 3. The van der Waals surface area contributed by atoms with Crippen molar-refractivity contribution in [1.29, 1.82) is 0 Å². The lowest BCUT2D eigenvalue weighted by atomic mass is 10.1. The zero-order valence-electron chi connectivity index (χ0n) is 9.90. The molecule has 0 aliphatic rings. The van der Waals surface area contributed by atoms with Crippen molar-refractivity contribution in [2.24, 2.45) is 0 Å². The molecule has 0 aromatic rings. The number of aliphatic hydroxyl groups is 1. The van der Waals surface area contributed by atoms with Gasteiger partial charge in [-0.05, 0) is 13.3 Å². The lowest BCUT2D eigenvalue weighted by Crippen LogP contribution is -2.47. The number of aliphatic carboxylic acids is 1. The van der Waals surface area contributed by atoms with Crippen LogP contribution in [0.1, 0.15) is 46.0 Å². The fourth-order valence-corrected chi connectivity index (χ4v) is 1.35. The van der Waals surface area contributed by atoms with Gasteiger partial charge in [0.2, 0.25) is 5.91 Å². The third kappa shape index (κ3) is 6.40. The number of carbonyl (C=O) groups excluding carboxylic acids is 1. The van der Waals surface area contributed by atoms with Gasteiger partial charge in [0.15, 0.2) is 6.04 Å². The number of aliphatic hydroxyl groups excluding tert-OH is 1. The maximum Gasteiger partial charge on any atom is 0.328 e. The Morgan fingerprint density at radius 3 is 2.31 bits per heavy atom. The molecule has 0 aromatic carbocycles. The van der Waals surface area contributed by atoms with Crippen molar-refractivity contribution >= 4 is 11.9 Å². The fourth-order valence-electron chi connectivity index (χ4n) is 1.35. The van der Waals surface area contributed by atoms with E-state index in [0.717, 1.165) is 25.7 Å². The second kappa shape index (κ2) is 8.10. The molecule has 0 aliphatic heterocycles. The van der Waals surface area contributed by atoms with Crippen molar-refractivity contribution in [2.45, 2.75) is 58.1 Å². The normalized spacial score (nSPS) is 14.2. The van der Waals surface area contributed by atoms with E-state index < -0.39 is 18.1 Å². The third-order valence-electron chi connectivity index (χ3n) is 2.32. The van der Waals surface area contributed by atoms with Crippen LogP contribution >= 0.6 is 0 Å². The van der Waals surface area contributed by atoms with Crippen molar-refractivity contribution < 1.29 is 19.8 Å². The highest BCUT2D eigenvalue weighted by molar-refractivity contribution is 5.83. The van der Waals surface area contributed by atoms with Crippen LogP contribution < -0.4 is 5.32 Å². The molecule has 0 bridgehead atoms. The molecule has 0 unspecified atom stereocenters. The lowest BCUT2D eigenvalue weighted by Gasteiger charge is -2.16. The highest BCUT2D eigenvalue weighted by atomic mass is 16.4. The van der Waals surface area contributed by atoms with Crippen LogP contribution in [0.2, 0.25) is 0 Å². The molecule has 1 amide bonds. The van der Waals surface area contributed by atoms with E-state index in [9.17, 15) is 9.59 Å². The van der Waals surface area contributed by atoms with Gasteiger partial charge in [-0.1, -0.05) is 26.2 Å². The first-order valence-corrected chi connectivity index (χ1v) is 5.69. The molecule has 94 valence electrons. The smallest absolute Gasteiger partial charge is 0.328 e. The Hall–Kier alpha value is -1.10. The summed E-state index contributed by atoms with van der Waals surface area (Å²) in [6, 6.07) is -1.21. The number of carboxylic acid groups (broad SMARTS) is 1. The van der Waals surface area contributed by atoms with Crippen LogP contribution in [-0.2, 0) is 9.59 Å². The Balaban J connectivity index is 3.87. The highest BCUT2D eigenvalue weighted by Gasteiger charge is 2.24. The average Bonchev–Trinajstić information content (AvgIpc) is 2.20. The van der Waals surface area contributed by atoms with E-state index in [4.69, 9.17) is 10.2 Å². The topological polar surface area (TPSA) is 86.6 Å². The number of carbonyl (C=O) groups is 2. The number of hydrogen-bond acceptors (Lipinski definition) is 3. The number of carboxylic acids is 1. The predicted octanol–water partition coefficient (Wildman–Crippen LogP) is 0.907. The van der Waals surface area contributed by atoms with Crippen LogP contribution in [0, 0.1) is 0 Å². The highest BCUT2D eigenvalue weighted by Crippen LogP contribution is 2.03. The first kappa shape index (κ1) is 14.9. The maximum absolute atomic E-state index is 11.3. The Morgan fingerprint density at radius 1 is 1.25 bits per heavy atom. The molecule has 0 radical (unpaired) electrons. The minimum absolute atomic E-state index is 0.315. The van der Waals surface area contributed by atoms with Crippen molar-refractivity contribution in [3.63, 3.8) is 0 Å². The summed E-state index contributed by atoms with van der Waals surface area (Å²) in [4.78, 5) is 22.0. The van der Waals surface area contributed by atoms with Gasteiger partial charge in [-0.3, -0.25) is 4.79 Å². The summed E-state index contributed by atoms with van der Waals surface area (Å²) in [5.41, 5.74) is 0. The molecular formula is C11H21NO4. The van der Waals surface area contributed by atoms with Crippen LogP contribution in [0.4, 0.5) is 0 Å². The van der Waals surface area contributed by atoms with Crippen LogP contribution in [-0.4, -0.2) is 34.2 Å². The Labute approximate surface area is 95.9 Å². The molecular weight excluding hydrogens is 210 g/mol. The molecule has 0 spiro atoms. The molecule has 0 heterocycles. The van der Waals surface area contributed by atoms with Crippen molar-refractivity contribution in [3.05, 3.63) is 0 Å². The van der Waals surface area contributed by atoms with Gasteiger partial charge in [0.1, 0.15) is 0 Å². The molecule has 5 heteroatoms. The fraction of sp³-hybridized carbons (Fsp3) is 0.818. The number of amides is 1. The predicted molar refractivity (Wildman–Crippen MR) is 60.0 cm³/mol. The second-order valence-electron chi connectivity index (χ2n) is 3.93. The zero-order valence-corrected chi connectivity index (χ0v) is 9.90. The molecule has 0 saturated carbocycles. The average molecular weight is 231 g/mol. The monoisotopic (exact) mass is 231 g/mol. The Bertz CT molecular complexity index is 228. The number of nitrogens with one attached hydrogen (secondary N) is 1. The largest absolute Gasteiger partial charge is 0.480 e. The van der Waals surface area contributed by atoms with Gasteiger partial charge < -0.3 is 15.5 Å². The van der Waals surface area contributed by atoms with Crippen LogP contribution in [0.15, 0.2) is 0 Å². The summed E-state index contributed by atoms with van der Waals surface area (Å²) >= 11 is 0. The molecule has 2 atom stereocenters. The van der Waals surface area contributed by atoms with E-state index in [1.165, 1.54) is 6.92 Å². The van der Waals surface area contributed by atoms with Gasteiger partial charge in [-0.2, -0.15) is 0 Å². The van der Waals surface area contributed by atoms with Crippen molar-refractivity contribution in [1.82, 2.24) is 5.32 Å². The van der Waals surface area contributed by atoms with E-state index in [1.807, 2.05) is 0 Å². The number of hydrogen-bond donors (Lipinski definition) is 3. The Kier molecular flexibility index (Phi) is 7.54. The minimum atomic E-state index is -1.21. The standard InChI is InChI=1S/C11H21NO4/c1-3-4-5-6-7-9(14)12-10(8(2)13)11(15)16/h8,10,13H,3-7H2,1-2H3,(H,12,14)(H,15,16)/t8-,10+/m0/s1.